The van der Waals surface area contributed by atoms with Crippen molar-refractivity contribution in [2.75, 3.05) is 0 Å². The predicted octanol–water partition coefficient (Wildman–Crippen LogP) is 3.52. The van der Waals surface area contributed by atoms with Crippen molar-refractivity contribution >= 4 is 33.3 Å². The highest BCUT2D eigenvalue weighted by Gasteiger charge is 2.08. The van der Waals surface area contributed by atoms with Crippen LogP contribution in [0.1, 0.15) is 18.9 Å². The number of benzene rings is 1. The lowest BCUT2D eigenvalue weighted by atomic mass is 10.1. The molecule has 0 aliphatic heterocycles. The maximum Gasteiger partial charge on any atom is 0.194 e. The summed E-state index contributed by atoms with van der Waals surface area (Å²) in [4.78, 5) is 13.4. The molecule has 0 radical (unpaired) electrons. The zero-order chi connectivity index (χ0) is 14.7. The Hall–Kier alpha value is -1.50. The number of fused-ring (bicyclic) bond motifs is 1. The van der Waals surface area contributed by atoms with Crippen molar-refractivity contribution in [1.29, 1.82) is 0 Å². The second kappa shape index (κ2) is 6.51. The number of nitrogens with two attached hydrogens (primary N) is 1. The van der Waals surface area contributed by atoms with Gasteiger partial charge in [0.1, 0.15) is 0 Å². The number of hydrogen-bond acceptors (Lipinski definition) is 6. The van der Waals surface area contributed by atoms with Crippen molar-refractivity contribution in [3.05, 3.63) is 42.2 Å². The number of nitrogens with zero attached hydrogens (tertiary/aromatic N) is 3. The second-order valence-corrected chi connectivity index (χ2v) is 7.04. The molecule has 0 aliphatic carbocycles. The number of aromatic nitrogens is 3. The van der Waals surface area contributed by atoms with Crippen molar-refractivity contribution in [1.82, 2.24) is 15.0 Å². The normalized spacial score (nSPS) is 12.7. The van der Waals surface area contributed by atoms with Crippen LogP contribution < -0.4 is 5.73 Å². The topological polar surface area (TPSA) is 64.7 Å². The molecule has 21 heavy (non-hydrogen) atoms. The molecule has 3 aromatic rings. The third kappa shape index (κ3) is 3.58. The van der Waals surface area contributed by atoms with Gasteiger partial charge in [-0.3, -0.25) is 0 Å². The summed E-state index contributed by atoms with van der Waals surface area (Å²) in [7, 11) is 0. The van der Waals surface area contributed by atoms with E-state index in [9.17, 15) is 0 Å². The summed E-state index contributed by atoms with van der Waals surface area (Å²) >= 11 is 3.16. The van der Waals surface area contributed by atoms with Gasteiger partial charge in [-0.15, -0.1) is 11.3 Å². The molecule has 0 spiro atoms. The third-order valence-electron chi connectivity index (χ3n) is 3.16. The smallest absolute Gasteiger partial charge is 0.194 e. The Morgan fingerprint density at radius 3 is 2.71 bits per heavy atom. The van der Waals surface area contributed by atoms with Crippen LogP contribution in [-0.4, -0.2) is 21.0 Å². The molecule has 0 bridgehead atoms. The molecular formula is C15H16N4S2. The average molecular weight is 316 g/mol. The molecule has 2 N–H and O–H groups in total. The summed E-state index contributed by atoms with van der Waals surface area (Å²) in [6.07, 6.45) is 5.50. The zero-order valence-corrected chi connectivity index (χ0v) is 13.3. The van der Waals surface area contributed by atoms with Gasteiger partial charge in [-0.05, 0) is 42.3 Å². The lowest BCUT2D eigenvalue weighted by molar-refractivity contribution is 0.641. The van der Waals surface area contributed by atoms with Crippen LogP contribution >= 0.6 is 23.1 Å². The molecule has 0 saturated carbocycles. The van der Waals surface area contributed by atoms with E-state index in [1.807, 2.05) is 30.6 Å². The summed E-state index contributed by atoms with van der Waals surface area (Å²) in [5, 5.41) is 0.725. The highest BCUT2D eigenvalue weighted by atomic mass is 32.2. The summed E-state index contributed by atoms with van der Waals surface area (Å²) in [5.41, 5.74) is 8.05. The molecule has 3 rings (SSSR count). The Morgan fingerprint density at radius 1 is 1.24 bits per heavy atom. The first kappa shape index (κ1) is 14.4. The van der Waals surface area contributed by atoms with Crippen LogP contribution in [0.5, 0.6) is 0 Å². The summed E-state index contributed by atoms with van der Waals surface area (Å²) in [6.45, 7) is 2.09. The SMILES string of the molecule is CCC(N)Cc1cnc(Sc2nc3ccccc3s2)nc1. The molecule has 2 heterocycles. The first-order valence-corrected chi connectivity index (χ1v) is 8.48. The van der Waals surface area contributed by atoms with E-state index in [1.165, 1.54) is 16.5 Å². The van der Waals surface area contributed by atoms with Crippen LogP contribution in [0.25, 0.3) is 10.2 Å². The molecule has 1 atom stereocenters. The molecule has 1 aromatic carbocycles. The van der Waals surface area contributed by atoms with Gasteiger partial charge < -0.3 is 5.73 Å². The molecule has 0 saturated heterocycles. The van der Waals surface area contributed by atoms with Gasteiger partial charge in [-0.2, -0.15) is 0 Å². The van der Waals surface area contributed by atoms with E-state index in [2.05, 4.69) is 27.9 Å². The van der Waals surface area contributed by atoms with Crippen LogP contribution in [0.4, 0.5) is 0 Å². The number of para-hydroxylation sites is 1. The minimum atomic E-state index is 0.177. The van der Waals surface area contributed by atoms with Crippen LogP contribution in [0.15, 0.2) is 46.2 Å². The molecule has 6 heteroatoms. The van der Waals surface area contributed by atoms with Gasteiger partial charge in [-0.25, -0.2) is 15.0 Å². The van der Waals surface area contributed by atoms with Crippen LogP contribution in [-0.2, 0) is 6.42 Å². The molecule has 108 valence electrons. The van der Waals surface area contributed by atoms with Crippen molar-refractivity contribution in [2.24, 2.45) is 5.73 Å². The number of thiazole rings is 1. The van der Waals surface area contributed by atoms with Crippen molar-refractivity contribution < 1.29 is 0 Å². The zero-order valence-electron chi connectivity index (χ0n) is 11.7. The van der Waals surface area contributed by atoms with Gasteiger partial charge in [0.05, 0.1) is 10.2 Å². The molecule has 0 amide bonds. The fraction of sp³-hybridized carbons (Fsp3) is 0.267. The highest BCUT2D eigenvalue weighted by molar-refractivity contribution is 8.01. The van der Waals surface area contributed by atoms with Crippen molar-refractivity contribution in [3.63, 3.8) is 0 Å². The van der Waals surface area contributed by atoms with E-state index in [0.29, 0.717) is 0 Å². The van der Waals surface area contributed by atoms with E-state index in [-0.39, 0.29) is 6.04 Å². The third-order valence-corrected chi connectivity index (χ3v) is 5.15. The largest absolute Gasteiger partial charge is 0.327 e. The quantitative estimate of drug-likeness (QED) is 0.730. The Kier molecular flexibility index (Phi) is 4.48. The minimum Gasteiger partial charge on any atom is -0.327 e. The Bertz CT molecular complexity index is 691. The fourth-order valence-electron chi connectivity index (χ4n) is 1.92. The molecule has 4 nitrogen and oxygen atoms in total. The summed E-state index contributed by atoms with van der Waals surface area (Å²) < 4.78 is 2.15. The van der Waals surface area contributed by atoms with E-state index in [0.717, 1.165) is 33.4 Å². The summed E-state index contributed by atoms with van der Waals surface area (Å²) in [6, 6.07) is 8.30. The Labute approximate surface area is 131 Å². The van der Waals surface area contributed by atoms with Gasteiger partial charge in [0, 0.05) is 18.4 Å². The monoisotopic (exact) mass is 316 g/mol. The molecule has 2 aromatic heterocycles. The highest BCUT2D eigenvalue weighted by Crippen LogP contribution is 2.32. The standard InChI is InChI=1S/C15H16N4S2/c1-2-11(16)7-10-8-17-14(18-9-10)21-15-19-12-5-3-4-6-13(12)20-15/h3-6,8-9,11H,2,7,16H2,1H3. The average Bonchev–Trinajstić information content (AvgIpc) is 2.91. The maximum absolute atomic E-state index is 5.94. The van der Waals surface area contributed by atoms with E-state index >= 15 is 0 Å². The molecular weight excluding hydrogens is 300 g/mol. The second-order valence-electron chi connectivity index (χ2n) is 4.80. The van der Waals surface area contributed by atoms with Gasteiger partial charge >= 0.3 is 0 Å². The van der Waals surface area contributed by atoms with Gasteiger partial charge in [0.2, 0.25) is 0 Å². The van der Waals surface area contributed by atoms with Crippen LogP contribution in [0.3, 0.4) is 0 Å². The lowest BCUT2D eigenvalue weighted by Crippen LogP contribution is -2.21. The van der Waals surface area contributed by atoms with Gasteiger partial charge in [0.15, 0.2) is 9.50 Å². The predicted molar refractivity (Wildman–Crippen MR) is 87.7 cm³/mol. The maximum atomic E-state index is 5.94. The first-order valence-electron chi connectivity index (χ1n) is 6.84. The molecule has 0 fully saturated rings. The van der Waals surface area contributed by atoms with Crippen LogP contribution in [0, 0.1) is 0 Å². The summed E-state index contributed by atoms with van der Waals surface area (Å²) in [5.74, 6) is 0. The van der Waals surface area contributed by atoms with Crippen molar-refractivity contribution in [3.8, 4) is 0 Å². The minimum absolute atomic E-state index is 0.177. The lowest BCUT2D eigenvalue weighted by Gasteiger charge is -2.07. The molecule has 0 aliphatic rings. The Morgan fingerprint density at radius 2 is 2.00 bits per heavy atom. The first-order chi connectivity index (χ1) is 10.2. The van der Waals surface area contributed by atoms with Gasteiger partial charge in [0.25, 0.3) is 0 Å². The number of hydrogen-bond donors (Lipinski definition) is 1. The van der Waals surface area contributed by atoms with E-state index in [1.54, 1.807) is 11.3 Å². The van der Waals surface area contributed by atoms with Gasteiger partial charge in [-0.1, -0.05) is 19.1 Å². The van der Waals surface area contributed by atoms with Crippen molar-refractivity contribution in [2.45, 2.75) is 35.3 Å². The fourth-order valence-corrected chi connectivity index (χ4v) is 3.79. The van der Waals surface area contributed by atoms with Crippen LogP contribution in [0.2, 0.25) is 0 Å². The molecule has 1 unspecified atom stereocenters. The van der Waals surface area contributed by atoms with E-state index in [4.69, 9.17) is 5.73 Å². The number of rotatable bonds is 5. The Balaban J connectivity index is 1.72. The van der Waals surface area contributed by atoms with E-state index < -0.39 is 0 Å².